The second-order valence-corrected chi connectivity index (χ2v) is 9.29. The fourth-order valence-electron chi connectivity index (χ4n) is 3.66. The largest absolute Gasteiger partial charge is 0.464 e. The van der Waals surface area contributed by atoms with Gasteiger partial charge in [0.2, 0.25) is 5.91 Å². The van der Waals surface area contributed by atoms with Crippen LogP contribution in [0, 0.1) is 5.92 Å². The molecule has 0 fully saturated rings. The summed E-state index contributed by atoms with van der Waals surface area (Å²) in [6.45, 7) is 4.50. The van der Waals surface area contributed by atoms with Crippen molar-refractivity contribution in [1.82, 2.24) is 10.3 Å². The first kappa shape index (κ1) is 26.9. The van der Waals surface area contributed by atoms with Crippen LogP contribution in [-0.2, 0) is 36.9 Å². The first-order valence-corrected chi connectivity index (χ1v) is 12.3. The van der Waals surface area contributed by atoms with Crippen molar-refractivity contribution in [3.05, 3.63) is 71.9 Å². The number of rotatable bonds is 13. The summed E-state index contributed by atoms with van der Waals surface area (Å²) in [6.07, 6.45) is 1.07. The third-order valence-electron chi connectivity index (χ3n) is 5.78. The van der Waals surface area contributed by atoms with Crippen LogP contribution in [0.15, 0.2) is 60.7 Å². The molecule has 36 heavy (non-hydrogen) atoms. The lowest BCUT2D eigenvalue weighted by molar-refractivity contribution is -0.149. The molecule has 0 aliphatic rings. The minimum Gasteiger partial charge on any atom is -0.464 e. The standard InChI is InChI=1S/C28H35N3O5/c1-19(2)14-15-35-28(34)25(17-22-16-21-10-6-7-11-24(21)30-22)31-26(32)13-12-23(29)27(33)36-18-20-8-4-3-5-9-20/h3-11,16,19,23,25,30H,12-15,17-18,29H2,1-2H3,(H,31,32)/t23-,25-/m1/s1. The predicted molar refractivity (Wildman–Crippen MR) is 138 cm³/mol. The van der Waals surface area contributed by atoms with Gasteiger partial charge < -0.3 is 25.5 Å². The van der Waals surface area contributed by atoms with Gasteiger partial charge >= 0.3 is 11.9 Å². The first-order chi connectivity index (χ1) is 17.3. The Morgan fingerprint density at radius 2 is 1.67 bits per heavy atom. The maximum absolute atomic E-state index is 12.8. The smallest absolute Gasteiger partial charge is 0.329 e. The number of hydrogen-bond acceptors (Lipinski definition) is 6. The molecule has 1 aromatic heterocycles. The maximum atomic E-state index is 12.8. The Labute approximate surface area is 211 Å². The van der Waals surface area contributed by atoms with E-state index in [9.17, 15) is 14.4 Å². The first-order valence-electron chi connectivity index (χ1n) is 12.3. The van der Waals surface area contributed by atoms with E-state index in [1.807, 2.05) is 74.5 Å². The predicted octanol–water partition coefficient (Wildman–Crippen LogP) is 3.64. The van der Waals surface area contributed by atoms with Crippen LogP contribution in [0.3, 0.4) is 0 Å². The fourth-order valence-corrected chi connectivity index (χ4v) is 3.66. The molecule has 2 aromatic carbocycles. The van der Waals surface area contributed by atoms with Crippen LogP contribution in [0.25, 0.3) is 10.9 Å². The Morgan fingerprint density at radius 1 is 0.944 bits per heavy atom. The summed E-state index contributed by atoms with van der Waals surface area (Å²) >= 11 is 0. The molecule has 1 heterocycles. The highest BCUT2D eigenvalue weighted by Crippen LogP contribution is 2.16. The molecule has 0 saturated heterocycles. The molecule has 0 aliphatic heterocycles. The Morgan fingerprint density at radius 3 is 2.39 bits per heavy atom. The zero-order valence-electron chi connectivity index (χ0n) is 20.9. The molecule has 0 radical (unpaired) electrons. The number of aromatic nitrogens is 1. The quantitative estimate of drug-likeness (QED) is 0.313. The second-order valence-electron chi connectivity index (χ2n) is 9.29. The van der Waals surface area contributed by atoms with Gasteiger partial charge in [-0.1, -0.05) is 62.4 Å². The molecule has 0 aliphatic carbocycles. The monoisotopic (exact) mass is 493 g/mol. The molecule has 3 rings (SSSR count). The molecule has 8 nitrogen and oxygen atoms in total. The number of carbonyl (C=O) groups is 3. The Balaban J connectivity index is 1.54. The number of esters is 2. The molecular formula is C28H35N3O5. The van der Waals surface area contributed by atoms with Gasteiger partial charge in [-0.25, -0.2) is 4.79 Å². The van der Waals surface area contributed by atoms with E-state index in [1.54, 1.807) is 0 Å². The van der Waals surface area contributed by atoms with E-state index in [4.69, 9.17) is 15.2 Å². The lowest BCUT2D eigenvalue weighted by Crippen LogP contribution is -2.44. The van der Waals surface area contributed by atoms with Crippen LogP contribution in [0.4, 0.5) is 0 Å². The van der Waals surface area contributed by atoms with Crippen molar-refractivity contribution in [2.75, 3.05) is 6.61 Å². The van der Waals surface area contributed by atoms with Crippen molar-refractivity contribution in [3.63, 3.8) is 0 Å². The Kier molecular flexibility index (Phi) is 10.1. The molecule has 0 unspecified atom stereocenters. The number of ether oxygens (including phenoxy) is 2. The van der Waals surface area contributed by atoms with E-state index in [0.717, 1.165) is 28.6 Å². The van der Waals surface area contributed by atoms with Crippen molar-refractivity contribution < 1.29 is 23.9 Å². The molecule has 0 saturated carbocycles. The van der Waals surface area contributed by atoms with E-state index in [1.165, 1.54) is 0 Å². The number of benzene rings is 2. The zero-order chi connectivity index (χ0) is 25.9. The van der Waals surface area contributed by atoms with E-state index in [0.29, 0.717) is 5.92 Å². The molecule has 8 heteroatoms. The summed E-state index contributed by atoms with van der Waals surface area (Å²) in [5, 5.41) is 3.78. The van der Waals surface area contributed by atoms with E-state index >= 15 is 0 Å². The number of para-hydroxylation sites is 1. The summed E-state index contributed by atoms with van der Waals surface area (Å²) in [5.41, 5.74) is 8.54. The third-order valence-corrected chi connectivity index (χ3v) is 5.78. The average molecular weight is 494 g/mol. The number of fused-ring (bicyclic) bond motifs is 1. The SMILES string of the molecule is CC(C)CCOC(=O)[C@@H](Cc1cc2ccccc2[nH]1)NC(=O)CC[C@@H](N)C(=O)OCc1ccccc1. The van der Waals surface area contributed by atoms with Crippen molar-refractivity contribution in [1.29, 1.82) is 0 Å². The minimum atomic E-state index is -0.940. The van der Waals surface area contributed by atoms with Gasteiger partial charge in [0, 0.05) is 24.1 Å². The lowest BCUT2D eigenvalue weighted by Gasteiger charge is -2.18. The summed E-state index contributed by atoms with van der Waals surface area (Å²) in [7, 11) is 0. The number of H-pyrrole nitrogens is 1. The Bertz CT molecular complexity index is 1110. The van der Waals surface area contributed by atoms with Gasteiger partial charge in [-0.15, -0.1) is 0 Å². The Hall–Kier alpha value is -3.65. The summed E-state index contributed by atoms with van der Waals surface area (Å²) in [4.78, 5) is 41.0. The van der Waals surface area contributed by atoms with Crippen LogP contribution in [0.2, 0.25) is 0 Å². The van der Waals surface area contributed by atoms with Gasteiger partial charge in [0.25, 0.3) is 0 Å². The van der Waals surface area contributed by atoms with Gasteiger partial charge in [0.15, 0.2) is 0 Å². The van der Waals surface area contributed by atoms with Crippen LogP contribution in [0.5, 0.6) is 0 Å². The lowest BCUT2D eigenvalue weighted by atomic mass is 10.1. The van der Waals surface area contributed by atoms with Crippen molar-refractivity contribution in [2.24, 2.45) is 11.7 Å². The highest BCUT2D eigenvalue weighted by atomic mass is 16.5. The van der Waals surface area contributed by atoms with Crippen LogP contribution < -0.4 is 11.1 Å². The van der Waals surface area contributed by atoms with E-state index in [-0.39, 0.29) is 38.4 Å². The van der Waals surface area contributed by atoms with Crippen LogP contribution >= 0.6 is 0 Å². The molecule has 0 bridgehead atoms. The topological polar surface area (TPSA) is 124 Å². The molecule has 2 atom stereocenters. The second kappa shape index (κ2) is 13.4. The number of hydrogen-bond donors (Lipinski definition) is 3. The van der Waals surface area contributed by atoms with Gasteiger partial charge in [-0.05, 0) is 41.8 Å². The van der Waals surface area contributed by atoms with E-state index in [2.05, 4.69) is 10.3 Å². The van der Waals surface area contributed by atoms with Gasteiger partial charge in [0.05, 0.1) is 6.61 Å². The third kappa shape index (κ3) is 8.53. The molecule has 192 valence electrons. The maximum Gasteiger partial charge on any atom is 0.329 e. The number of nitrogens with one attached hydrogen (secondary N) is 2. The van der Waals surface area contributed by atoms with E-state index < -0.39 is 24.0 Å². The number of amides is 1. The summed E-state index contributed by atoms with van der Waals surface area (Å²) in [6, 6.07) is 17.2. The molecule has 3 aromatic rings. The van der Waals surface area contributed by atoms with Crippen molar-refractivity contribution >= 4 is 28.7 Å². The van der Waals surface area contributed by atoms with Gasteiger partial charge in [-0.3, -0.25) is 9.59 Å². The molecule has 4 N–H and O–H groups in total. The normalized spacial score (nSPS) is 12.8. The van der Waals surface area contributed by atoms with Crippen molar-refractivity contribution in [3.8, 4) is 0 Å². The number of aromatic amines is 1. The minimum absolute atomic E-state index is 0.0237. The van der Waals surface area contributed by atoms with Gasteiger partial charge in [0.1, 0.15) is 18.7 Å². The number of nitrogens with two attached hydrogens (primary N) is 1. The highest BCUT2D eigenvalue weighted by molar-refractivity contribution is 5.86. The number of carbonyl (C=O) groups excluding carboxylic acids is 3. The highest BCUT2D eigenvalue weighted by Gasteiger charge is 2.25. The van der Waals surface area contributed by atoms with Crippen molar-refractivity contribution in [2.45, 2.75) is 58.2 Å². The zero-order valence-corrected chi connectivity index (χ0v) is 20.9. The molecular weight excluding hydrogens is 458 g/mol. The summed E-state index contributed by atoms with van der Waals surface area (Å²) < 4.78 is 10.7. The summed E-state index contributed by atoms with van der Waals surface area (Å²) in [5.74, 6) is -1.06. The van der Waals surface area contributed by atoms with Crippen LogP contribution in [0.1, 0.15) is 44.4 Å². The van der Waals surface area contributed by atoms with Crippen LogP contribution in [-0.4, -0.2) is 41.5 Å². The molecule has 0 spiro atoms. The fraction of sp³-hybridized carbons (Fsp3) is 0.393. The van der Waals surface area contributed by atoms with Gasteiger partial charge in [-0.2, -0.15) is 0 Å². The average Bonchev–Trinajstić information content (AvgIpc) is 3.28. The molecule has 1 amide bonds.